The van der Waals surface area contributed by atoms with E-state index in [-0.39, 0.29) is 43.4 Å². The largest absolute Gasteiger partial charge is 0.457 e. The van der Waals surface area contributed by atoms with Crippen LogP contribution in [0.5, 0.6) is 0 Å². The van der Waals surface area contributed by atoms with Crippen LogP contribution in [0.25, 0.3) is 0 Å². The highest BCUT2D eigenvalue weighted by atomic mass is 16.7. The van der Waals surface area contributed by atoms with Gasteiger partial charge in [0.05, 0.1) is 18.5 Å². The number of hydrogen-bond acceptors (Lipinski definition) is 10. The van der Waals surface area contributed by atoms with Crippen LogP contribution in [0.3, 0.4) is 0 Å². The number of allylic oxidation sites excluding steroid dienone is 3. The number of nitrogens with two attached hydrogens (primary N) is 1. The monoisotopic (exact) mass is 630 g/mol. The van der Waals surface area contributed by atoms with E-state index in [1.54, 1.807) is 12.1 Å². The molecule has 0 radical (unpaired) electrons. The number of esters is 1. The van der Waals surface area contributed by atoms with Crippen molar-refractivity contribution in [2.75, 3.05) is 19.8 Å². The molecule has 5 rings (SSSR count). The summed E-state index contributed by atoms with van der Waals surface area (Å²) in [6.07, 6.45) is 3.92. The molecule has 2 aliphatic heterocycles. The van der Waals surface area contributed by atoms with Crippen LogP contribution < -0.4 is 11.1 Å². The predicted molar refractivity (Wildman–Crippen MR) is 171 cm³/mol. The van der Waals surface area contributed by atoms with Crippen LogP contribution in [0, 0.1) is 0 Å². The van der Waals surface area contributed by atoms with Crippen LogP contribution in [-0.4, -0.2) is 76.0 Å². The normalized spacial score (nSPS) is 23.6. The summed E-state index contributed by atoms with van der Waals surface area (Å²) in [5, 5.41) is 34.1. The zero-order chi connectivity index (χ0) is 32.9. The molecule has 3 aliphatic rings. The molecule has 10 heteroatoms. The lowest BCUT2D eigenvalue weighted by atomic mass is 9.71. The molecule has 244 valence electrons. The zero-order valence-electron chi connectivity index (χ0n) is 26.0. The number of benzene rings is 2. The number of ketones is 2. The van der Waals surface area contributed by atoms with E-state index < -0.39 is 47.6 Å². The second kappa shape index (κ2) is 14.1. The molecule has 46 heavy (non-hydrogen) atoms. The average molecular weight is 631 g/mol. The van der Waals surface area contributed by atoms with Gasteiger partial charge in [-0.3, -0.25) is 9.59 Å². The highest BCUT2D eigenvalue weighted by Crippen LogP contribution is 2.59. The van der Waals surface area contributed by atoms with Crippen molar-refractivity contribution >= 4 is 17.5 Å². The lowest BCUT2D eigenvalue weighted by Crippen LogP contribution is -2.52. The molecular weight excluding hydrogens is 588 g/mol. The Bertz CT molecular complexity index is 1560. The summed E-state index contributed by atoms with van der Waals surface area (Å²) in [6.45, 7) is 1.87. The Balaban J connectivity index is 1.42. The third-order valence-electron chi connectivity index (χ3n) is 9.21. The van der Waals surface area contributed by atoms with Gasteiger partial charge in [0.1, 0.15) is 6.10 Å². The third kappa shape index (κ3) is 6.43. The number of carbonyl (C=O) groups excluding carboxylic acids is 3. The highest BCUT2D eigenvalue weighted by Gasteiger charge is 2.85. The number of dihydropyridines is 1. The summed E-state index contributed by atoms with van der Waals surface area (Å²) in [7, 11) is 0. The van der Waals surface area contributed by atoms with E-state index in [4.69, 9.17) is 15.2 Å². The molecule has 6 N–H and O–H groups in total. The highest BCUT2D eigenvalue weighted by molar-refractivity contribution is 6.33. The van der Waals surface area contributed by atoms with Crippen LogP contribution in [0.1, 0.15) is 71.7 Å². The minimum absolute atomic E-state index is 0.0579. The van der Waals surface area contributed by atoms with Crippen molar-refractivity contribution in [3.8, 4) is 0 Å². The van der Waals surface area contributed by atoms with Gasteiger partial charge in [-0.15, -0.1) is 0 Å². The third-order valence-corrected chi connectivity index (χ3v) is 9.21. The van der Waals surface area contributed by atoms with E-state index in [9.17, 15) is 29.7 Å². The van der Waals surface area contributed by atoms with Gasteiger partial charge in [-0.25, -0.2) is 4.79 Å². The molecule has 4 unspecified atom stereocenters. The Morgan fingerprint density at radius 2 is 1.72 bits per heavy atom. The van der Waals surface area contributed by atoms with Gasteiger partial charge in [-0.2, -0.15) is 0 Å². The van der Waals surface area contributed by atoms with Crippen LogP contribution in [0.4, 0.5) is 0 Å². The van der Waals surface area contributed by atoms with Crippen molar-refractivity contribution in [1.82, 2.24) is 5.32 Å². The van der Waals surface area contributed by atoms with Gasteiger partial charge >= 0.3 is 5.97 Å². The Morgan fingerprint density at radius 3 is 2.39 bits per heavy atom. The lowest BCUT2D eigenvalue weighted by Gasteiger charge is -2.28. The zero-order valence-corrected chi connectivity index (χ0v) is 26.0. The minimum atomic E-state index is -2.26. The second-order valence-corrected chi connectivity index (χ2v) is 12.2. The van der Waals surface area contributed by atoms with Gasteiger partial charge in [0.15, 0.2) is 11.4 Å². The number of carbonyl (C=O) groups is 3. The SMILES string of the molecule is CC(CCC1=CCNC(N)=C1)=C(CO)CC12OC1(C(=O)OC(CCCO)C(O)CCc1ccccc1)C(=O)c1ccccc1C2=O. The summed E-state index contributed by atoms with van der Waals surface area (Å²) in [6, 6.07) is 15.8. The van der Waals surface area contributed by atoms with Crippen molar-refractivity contribution in [1.29, 1.82) is 0 Å². The van der Waals surface area contributed by atoms with Crippen molar-refractivity contribution in [3.05, 3.63) is 106 Å². The summed E-state index contributed by atoms with van der Waals surface area (Å²) < 4.78 is 11.9. The van der Waals surface area contributed by atoms with E-state index in [0.717, 1.165) is 16.7 Å². The first-order valence-corrected chi connectivity index (χ1v) is 15.8. The molecule has 4 atom stereocenters. The predicted octanol–water partition coefficient (Wildman–Crippen LogP) is 3.06. The Labute approximate surface area is 268 Å². The van der Waals surface area contributed by atoms with Gasteiger partial charge in [0, 0.05) is 30.7 Å². The van der Waals surface area contributed by atoms with Gasteiger partial charge in [-0.1, -0.05) is 66.2 Å². The van der Waals surface area contributed by atoms with Crippen LogP contribution in [-0.2, 0) is 20.7 Å². The molecule has 2 aromatic rings. The number of ether oxygens (including phenoxy) is 2. The van der Waals surface area contributed by atoms with Gasteiger partial charge < -0.3 is 35.8 Å². The number of aryl methyl sites for hydroxylation is 1. The number of rotatable bonds is 15. The molecular formula is C36H42N2O8. The molecule has 0 amide bonds. The maximum Gasteiger partial charge on any atom is 0.350 e. The van der Waals surface area contributed by atoms with E-state index in [0.29, 0.717) is 37.2 Å². The van der Waals surface area contributed by atoms with Crippen LogP contribution >= 0.6 is 0 Å². The molecule has 1 aliphatic carbocycles. The van der Waals surface area contributed by atoms with E-state index in [1.165, 1.54) is 12.1 Å². The standard InChI is InChI=1S/C36H42N2O8/c1-23(13-14-25-17-18-38-31(37)20-25)26(22-40)21-35-32(42)27-10-5-6-11-28(27)33(43)36(35,46-35)34(44)45-30(12-7-19-39)29(41)16-15-24-8-3-2-4-9-24/h2-6,8-11,17,20,29-30,38-41H,7,12-16,18-19,21-22,37H2,1H3. The van der Waals surface area contributed by atoms with Gasteiger partial charge in [0.2, 0.25) is 5.78 Å². The number of hydrogen-bond donors (Lipinski definition) is 5. The summed E-state index contributed by atoms with van der Waals surface area (Å²) >= 11 is 0. The smallest absolute Gasteiger partial charge is 0.350 e. The number of epoxide rings is 1. The van der Waals surface area contributed by atoms with E-state index >= 15 is 0 Å². The molecule has 10 nitrogen and oxygen atoms in total. The fourth-order valence-electron chi connectivity index (χ4n) is 6.42. The van der Waals surface area contributed by atoms with E-state index in [1.807, 2.05) is 49.4 Å². The maximum atomic E-state index is 14.1. The number of aliphatic hydroxyl groups excluding tert-OH is 3. The molecule has 2 heterocycles. The van der Waals surface area contributed by atoms with Crippen molar-refractivity contribution < 1.29 is 39.2 Å². The van der Waals surface area contributed by atoms with Crippen molar-refractivity contribution in [3.63, 3.8) is 0 Å². The van der Waals surface area contributed by atoms with Crippen molar-refractivity contribution in [2.24, 2.45) is 5.73 Å². The molecule has 0 bridgehead atoms. The number of aliphatic hydroxyl groups is 3. The molecule has 1 fully saturated rings. The van der Waals surface area contributed by atoms with Gasteiger partial charge in [0.25, 0.3) is 5.60 Å². The Hall–Kier alpha value is -4.09. The number of nitrogens with one attached hydrogen (secondary N) is 1. The van der Waals surface area contributed by atoms with E-state index in [2.05, 4.69) is 5.32 Å². The van der Waals surface area contributed by atoms with Crippen LogP contribution in [0.2, 0.25) is 0 Å². The molecule has 2 aromatic carbocycles. The molecule has 0 saturated carbocycles. The molecule has 0 aromatic heterocycles. The first-order chi connectivity index (χ1) is 22.2. The van der Waals surface area contributed by atoms with Crippen molar-refractivity contribution in [2.45, 2.75) is 75.3 Å². The van der Waals surface area contributed by atoms with Gasteiger partial charge in [-0.05, 0) is 68.2 Å². The fraction of sp³-hybridized carbons (Fsp3) is 0.417. The summed E-state index contributed by atoms with van der Waals surface area (Å²) in [4.78, 5) is 42.2. The molecule has 0 spiro atoms. The molecule has 1 saturated heterocycles. The fourth-order valence-corrected chi connectivity index (χ4v) is 6.42. The Kier molecular flexibility index (Phi) is 10.2. The first kappa shape index (κ1) is 33.3. The first-order valence-electron chi connectivity index (χ1n) is 15.8. The minimum Gasteiger partial charge on any atom is -0.457 e. The number of Topliss-reactive ketones (excluding diaryl/α,β-unsaturated/α-hetero) is 2. The lowest BCUT2D eigenvalue weighted by molar-refractivity contribution is -0.160. The second-order valence-electron chi connectivity index (χ2n) is 12.2. The summed E-state index contributed by atoms with van der Waals surface area (Å²) in [5.74, 6) is -1.71. The maximum absolute atomic E-state index is 14.1. The number of fused-ring (bicyclic) bond motifs is 2. The average Bonchev–Trinajstić information content (AvgIpc) is 3.78. The van der Waals surface area contributed by atoms with Crippen LogP contribution in [0.15, 0.2) is 89.3 Å². The summed E-state index contributed by atoms with van der Waals surface area (Å²) in [5.41, 5.74) is 5.26. The Morgan fingerprint density at radius 1 is 1.02 bits per heavy atom. The topological polar surface area (TPSA) is 172 Å². The quantitative estimate of drug-likeness (QED) is 0.0853.